The van der Waals surface area contributed by atoms with Crippen molar-refractivity contribution in [3.8, 4) is 0 Å². The molecule has 0 aliphatic carbocycles. The van der Waals surface area contributed by atoms with Crippen LogP contribution in [0.25, 0.3) is 0 Å². The lowest BCUT2D eigenvalue weighted by molar-refractivity contribution is 0.216. The van der Waals surface area contributed by atoms with Gasteiger partial charge in [0.25, 0.3) is 0 Å². The van der Waals surface area contributed by atoms with Crippen molar-refractivity contribution in [2.45, 2.75) is 20.3 Å². The van der Waals surface area contributed by atoms with E-state index in [2.05, 4.69) is 13.5 Å². The maximum absolute atomic E-state index is 5.00. The Morgan fingerprint density at radius 2 is 2.29 bits per heavy atom. The summed E-state index contributed by atoms with van der Waals surface area (Å²) in [5.74, 6) is 0.807. The van der Waals surface area contributed by atoms with Gasteiger partial charge >= 0.3 is 0 Å². The summed E-state index contributed by atoms with van der Waals surface area (Å²) in [6.07, 6.45) is 1.06. The zero-order valence-electron chi connectivity index (χ0n) is 5.03. The number of ether oxygens (including phenoxy) is 1. The first kappa shape index (κ1) is 6.54. The minimum atomic E-state index is 0.801. The van der Waals surface area contributed by atoms with Crippen LogP contribution in [0.2, 0.25) is 0 Å². The van der Waals surface area contributed by atoms with Crippen LogP contribution in [0, 0.1) is 0 Å². The molecule has 0 radical (unpaired) electrons. The molecule has 0 rings (SSSR count). The average molecular weight is 100 g/mol. The van der Waals surface area contributed by atoms with Crippen LogP contribution < -0.4 is 0 Å². The molecule has 0 aromatic heterocycles. The molecule has 0 spiro atoms. The molecule has 0 aliphatic heterocycles. The van der Waals surface area contributed by atoms with Gasteiger partial charge in [-0.25, -0.2) is 0 Å². The van der Waals surface area contributed by atoms with Crippen LogP contribution in [0.4, 0.5) is 0 Å². The Hall–Kier alpha value is -0.460. The van der Waals surface area contributed by atoms with Gasteiger partial charge in [0.2, 0.25) is 0 Å². The average Bonchev–Trinajstić information content (AvgIpc) is 1.61. The van der Waals surface area contributed by atoms with E-state index in [1.807, 2.05) is 6.92 Å². The van der Waals surface area contributed by atoms with Gasteiger partial charge in [0.05, 0.1) is 12.4 Å². The van der Waals surface area contributed by atoms with Crippen molar-refractivity contribution in [2.75, 3.05) is 6.61 Å². The Balaban J connectivity index is 2.82. The third-order valence-corrected chi connectivity index (χ3v) is 0.553. The second kappa shape index (κ2) is 3.72. The Morgan fingerprint density at radius 3 is 2.43 bits per heavy atom. The van der Waals surface area contributed by atoms with Crippen LogP contribution in [-0.2, 0) is 4.74 Å². The first-order valence-corrected chi connectivity index (χ1v) is 2.55. The van der Waals surface area contributed by atoms with Crippen LogP contribution in [0.1, 0.15) is 20.3 Å². The van der Waals surface area contributed by atoms with Crippen LogP contribution >= 0.6 is 0 Å². The fraction of sp³-hybridized carbons (Fsp3) is 0.667. The van der Waals surface area contributed by atoms with Crippen molar-refractivity contribution in [3.63, 3.8) is 0 Å². The van der Waals surface area contributed by atoms with Gasteiger partial charge < -0.3 is 4.74 Å². The summed E-state index contributed by atoms with van der Waals surface area (Å²) in [6.45, 7) is 8.30. The van der Waals surface area contributed by atoms with E-state index >= 15 is 0 Å². The van der Waals surface area contributed by atoms with E-state index in [1.54, 1.807) is 0 Å². The van der Waals surface area contributed by atoms with Gasteiger partial charge in [-0.05, 0) is 13.3 Å². The van der Waals surface area contributed by atoms with Gasteiger partial charge in [0, 0.05) is 0 Å². The lowest BCUT2D eigenvalue weighted by Gasteiger charge is -1.99. The van der Waals surface area contributed by atoms with Crippen molar-refractivity contribution >= 4 is 0 Å². The second-order valence-corrected chi connectivity index (χ2v) is 1.55. The molecule has 1 heteroatoms. The smallest absolute Gasteiger partial charge is 0.0874 e. The maximum Gasteiger partial charge on any atom is 0.0874 e. The lowest BCUT2D eigenvalue weighted by Crippen LogP contribution is -1.86. The van der Waals surface area contributed by atoms with Crippen molar-refractivity contribution in [3.05, 3.63) is 12.3 Å². The molecule has 0 saturated carbocycles. The summed E-state index contributed by atoms with van der Waals surface area (Å²) in [5, 5.41) is 0. The third-order valence-electron chi connectivity index (χ3n) is 0.553. The Labute approximate surface area is 45.0 Å². The predicted octanol–water partition coefficient (Wildman–Crippen LogP) is 1.95. The summed E-state index contributed by atoms with van der Waals surface area (Å²) in [6, 6.07) is 0. The van der Waals surface area contributed by atoms with E-state index in [-0.39, 0.29) is 0 Å². The third kappa shape index (κ3) is 5.54. The van der Waals surface area contributed by atoms with E-state index in [1.165, 1.54) is 0 Å². The van der Waals surface area contributed by atoms with Gasteiger partial charge in [-0.15, -0.1) is 0 Å². The summed E-state index contributed by atoms with van der Waals surface area (Å²) in [4.78, 5) is 0. The number of rotatable bonds is 3. The Bertz CT molecular complexity index is 57.2. The van der Waals surface area contributed by atoms with Crippen LogP contribution in [0.15, 0.2) is 12.3 Å². The van der Waals surface area contributed by atoms with Gasteiger partial charge in [-0.3, -0.25) is 0 Å². The number of allylic oxidation sites excluding steroid dienone is 1. The van der Waals surface area contributed by atoms with Gasteiger partial charge in [0.15, 0.2) is 0 Å². The number of hydrogen-bond acceptors (Lipinski definition) is 1. The highest BCUT2D eigenvalue weighted by Crippen LogP contribution is 1.89. The molecule has 0 N–H and O–H groups in total. The molecule has 0 saturated heterocycles. The van der Waals surface area contributed by atoms with Crippen molar-refractivity contribution in [1.29, 1.82) is 0 Å². The molecule has 0 aromatic rings. The zero-order valence-corrected chi connectivity index (χ0v) is 5.03. The first-order valence-electron chi connectivity index (χ1n) is 2.55. The lowest BCUT2D eigenvalue weighted by atomic mass is 10.5. The standard InChI is InChI=1S/C6H12O/c1-4-5-7-6(2)3/h2,4-5H2,1,3H3. The highest BCUT2D eigenvalue weighted by molar-refractivity contribution is 4.72. The molecule has 42 valence electrons. The molecule has 0 aliphatic rings. The monoisotopic (exact) mass is 100 g/mol. The van der Waals surface area contributed by atoms with Crippen molar-refractivity contribution in [2.24, 2.45) is 0 Å². The fourth-order valence-corrected chi connectivity index (χ4v) is 0.276. The second-order valence-electron chi connectivity index (χ2n) is 1.55. The quantitative estimate of drug-likeness (QED) is 0.492. The van der Waals surface area contributed by atoms with E-state index in [0.717, 1.165) is 18.8 Å². The van der Waals surface area contributed by atoms with Gasteiger partial charge in [-0.2, -0.15) is 0 Å². The molecule has 1 nitrogen and oxygen atoms in total. The summed E-state index contributed by atoms with van der Waals surface area (Å²) >= 11 is 0. The van der Waals surface area contributed by atoms with Crippen LogP contribution in [0.5, 0.6) is 0 Å². The molecule has 0 aromatic carbocycles. The van der Waals surface area contributed by atoms with Gasteiger partial charge in [-0.1, -0.05) is 13.5 Å². The first-order chi connectivity index (χ1) is 3.27. The molecular formula is C6H12O. The van der Waals surface area contributed by atoms with E-state index < -0.39 is 0 Å². The summed E-state index contributed by atoms with van der Waals surface area (Å²) in [5.41, 5.74) is 0. The topological polar surface area (TPSA) is 9.23 Å². The SMILES string of the molecule is C=C(C)OCCC. The van der Waals surface area contributed by atoms with Crippen molar-refractivity contribution in [1.82, 2.24) is 0 Å². The Kier molecular flexibility index (Phi) is 3.48. The molecular weight excluding hydrogens is 88.1 g/mol. The fourth-order valence-electron chi connectivity index (χ4n) is 0.276. The minimum absolute atomic E-state index is 0.801. The Morgan fingerprint density at radius 1 is 1.71 bits per heavy atom. The van der Waals surface area contributed by atoms with Crippen molar-refractivity contribution < 1.29 is 4.74 Å². The zero-order chi connectivity index (χ0) is 5.70. The highest BCUT2D eigenvalue weighted by atomic mass is 16.5. The minimum Gasteiger partial charge on any atom is -0.499 e. The van der Waals surface area contributed by atoms with E-state index in [9.17, 15) is 0 Å². The molecule has 0 atom stereocenters. The van der Waals surface area contributed by atoms with Gasteiger partial charge in [0.1, 0.15) is 0 Å². The normalized spacial score (nSPS) is 8.29. The van der Waals surface area contributed by atoms with E-state index in [4.69, 9.17) is 4.74 Å². The van der Waals surface area contributed by atoms with Crippen LogP contribution in [-0.4, -0.2) is 6.61 Å². The molecule has 0 unspecified atom stereocenters. The summed E-state index contributed by atoms with van der Waals surface area (Å²) < 4.78 is 5.00. The maximum atomic E-state index is 5.00. The van der Waals surface area contributed by atoms with Crippen LogP contribution in [0.3, 0.4) is 0 Å². The largest absolute Gasteiger partial charge is 0.499 e. The molecule has 0 bridgehead atoms. The summed E-state index contributed by atoms with van der Waals surface area (Å²) in [7, 11) is 0. The highest BCUT2D eigenvalue weighted by Gasteiger charge is 1.78. The molecule has 0 amide bonds. The molecule has 7 heavy (non-hydrogen) atoms. The predicted molar refractivity (Wildman–Crippen MR) is 31.1 cm³/mol. The molecule has 0 fully saturated rings. The number of hydrogen-bond donors (Lipinski definition) is 0. The molecule has 0 heterocycles. The van der Waals surface area contributed by atoms with E-state index in [0.29, 0.717) is 0 Å².